The molecule has 1 N–H and O–H groups in total. The van der Waals surface area contributed by atoms with Crippen molar-refractivity contribution in [3.8, 4) is 5.75 Å². The summed E-state index contributed by atoms with van der Waals surface area (Å²) in [5.41, 5.74) is 0. The van der Waals surface area contributed by atoms with Crippen LogP contribution in [0.2, 0.25) is 5.02 Å². The van der Waals surface area contributed by atoms with Crippen LogP contribution in [-0.2, 0) is 19.5 Å². The van der Waals surface area contributed by atoms with Crippen molar-refractivity contribution in [1.29, 1.82) is 0 Å². The van der Waals surface area contributed by atoms with E-state index in [1.54, 1.807) is 24.3 Å². The van der Waals surface area contributed by atoms with E-state index in [4.69, 9.17) is 16.7 Å². The molecule has 1 aromatic carbocycles. The molecule has 0 fully saturated rings. The molecule has 0 spiro atoms. The van der Waals surface area contributed by atoms with Gasteiger partial charge in [0.15, 0.2) is 0 Å². The maximum Gasteiger partial charge on any atom is 0.134 e. The summed E-state index contributed by atoms with van der Waals surface area (Å²) in [5, 5.41) is 9.18. The summed E-state index contributed by atoms with van der Waals surface area (Å²) in [4.78, 5) is 0. The van der Waals surface area contributed by atoms with Gasteiger partial charge in [0.1, 0.15) is 5.75 Å². The molecular formula is C6H5ClORu. The number of phenols is 1. The summed E-state index contributed by atoms with van der Waals surface area (Å²) in [5.74, 6) is 0.133. The van der Waals surface area contributed by atoms with Crippen molar-refractivity contribution in [3.63, 3.8) is 0 Å². The Hall–Kier alpha value is -0.0666. The first-order valence-electron chi connectivity index (χ1n) is 2.24. The number of hydrogen-bond donors (Lipinski definition) is 1. The Bertz CT molecular complexity index is 169. The van der Waals surface area contributed by atoms with Crippen LogP contribution in [0.5, 0.6) is 5.75 Å². The monoisotopic (exact) mass is 230 g/mol. The molecule has 0 heterocycles. The summed E-state index contributed by atoms with van der Waals surface area (Å²) in [7, 11) is 0. The second kappa shape index (κ2) is 3.87. The van der Waals surface area contributed by atoms with Crippen molar-refractivity contribution in [2.45, 2.75) is 0 Å². The van der Waals surface area contributed by atoms with E-state index in [0.717, 1.165) is 0 Å². The molecule has 0 radical (unpaired) electrons. The van der Waals surface area contributed by atoms with Gasteiger partial charge >= 0.3 is 0 Å². The van der Waals surface area contributed by atoms with Gasteiger partial charge in [-0.25, -0.2) is 0 Å². The molecule has 1 aromatic rings. The fourth-order valence-corrected chi connectivity index (χ4v) is 0.587. The Balaban J connectivity index is 0.000000640. The van der Waals surface area contributed by atoms with E-state index in [-0.39, 0.29) is 25.2 Å². The fourth-order valence-electron chi connectivity index (χ4n) is 0.452. The average Bonchev–Trinajstić information content (AvgIpc) is 1.77. The van der Waals surface area contributed by atoms with Gasteiger partial charge in [0, 0.05) is 19.5 Å². The molecule has 0 amide bonds. The first-order valence-corrected chi connectivity index (χ1v) is 2.62. The molecule has 0 saturated carbocycles. The van der Waals surface area contributed by atoms with Crippen molar-refractivity contribution in [2.75, 3.05) is 0 Å². The van der Waals surface area contributed by atoms with E-state index in [0.29, 0.717) is 5.02 Å². The van der Waals surface area contributed by atoms with Crippen LogP contribution in [0.1, 0.15) is 0 Å². The third-order valence-electron chi connectivity index (χ3n) is 0.852. The summed E-state index contributed by atoms with van der Waals surface area (Å²) >= 11 is 5.46. The number of hydrogen-bond acceptors (Lipinski definition) is 1. The topological polar surface area (TPSA) is 20.2 Å². The van der Waals surface area contributed by atoms with Gasteiger partial charge in [-0.1, -0.05) is 23.7 Å². The van der Waals surface area contributed by atoms with Crippen LogP contribution in [0.3, 0.4) is 0 Å². The SMILES string of the molecule is Oc1ccccc1Cl.[Ru]. The van der Waals surface area contributed by atoms with Crippen molar-refractivity contribution in [3.05, 3.63) is 29.3 Å². The predicted octanol–water partition coefficient (Wildman–Crippen LogP) is 2.04. The largest absolute Gasteiger partial charge is 0.506 e. The molecule has 3 heteroatoms. The second-order valence-electron chi connectivity index (χ2n) is 1.45. The van der Waals surface area contributed by atoms with Crippen LogP contribution in [-0.4, -0.2) is 5.11 Å². The third-order valence-corrected chi connectivity index (χ3v) is 1.17. The van der Waals surface area contributed by atoms with Crippen LogP contribution in [0.25, 0.3) is 0 Å². The third kappa shape index (κ3) is 2.34. The number of rotatable bonds is 0. The fraction of sp³-hybridized carbons (Fsp3) is 0. The molecule has 9 heavy (non-hydrogen) atoms. The van der Waals surface area contributed by atoms with Gasteiger partial charge in [-0.15, -0.1) is 0 Å². The molecule has 0 atom stereocenters. The Labute approximate surface area is 71.4 Å². The first kappa shape index (κ1) is 8.93. The molecule has 0 aliphatic heterocycles. The Morgan fingerprint density at radius 2 is 1.78 bits per heavy atom. The minimum absolute atomic E-state index is 0. The van der Waals surface area contributed by atoms with Crippen molar-refractivity contribution in [1.82, 2.24) is 0 Å². The first-order chi connectivity index (χ1) is 3.80. The van der Waals surface area contributed by atoms with Gasteiger partial charge in [-0.2, -0.15) is 0 Å². The van der Waals surface area contributed by atoms with Gasteiger partial charge in [0.2, 0.25) is 0 Å². The van der Waals surface area contributed by atoms with Crippen molar-refractivity contribution < 1.29 is 24.6 Å². The predicted molar refractivity (Wildman–Crippen MR) is 33.1 cm³/mol. The van der Waals surface area contributed by atoms with Crippen molar-refractivity contribution >= 4 is 11.6 Å². The Morgan fingerprint density at radius 3 is 2.11 bits per heavy atom. The van der Waals surface area contributed by atoms with E-state index in [1.807, 2.05) is 0 Å². The number of halogens is 1. The molecule has 0 unspecified atom stereocenters. The maximum atomic E-state index is 8.79. The molecular weight excluding hydrogens is 225 g/mol. The van der Waals surface area contributed by atoms with Crippen LogP contribution in [0.15, 0.2) is 24.3 Å². The van der Waals surface area contributed by atoms with Gasteiger partial charge in [-0.05, 0) is 12.1 Å². The Kier molecular flexibility index (Phi) is 3.84. The van der Waals surface area contributed by atoms with Crippen molar-refractivity contribution in [2.24, 2.45) is 0 Å². The van der Waals surface area contributed by atoms with E-state index in [9.17, 15) is 0 Å². The zero-order valence-corrected chi connectivity index (χ0v) is 6.98. The average molecular weight is 230 g/mol. The van der Waals surface area contributed by atoms with Gasteiger partial charge in [0.05, 0.1) is 5.02 Å². The summed E-state index contributed by atoms with van der Waals surface area (Å²) < 4.78 is 0. The molecule has 0 aliphatic carbocycles. The van der Waals surface area contributed by atoms with Crippen LogP contribution < -0.4 is 0 Å². The summed E-state index contributed by atoms with van der Waals surface area (Å²) in [6, 6.07) is 6.67. The number of para-hydroxylation sites is 1. The number of phenolic OH excluding ortho intramolecular Hbond substituents is 1. The minimum Gasteiger partial charge on any atom is -0.506 e. The minimum atomic E-state index is 0. The second-order valence-corrected chi connectivity index (χ2v) is 1.86. The normalized spacial score (nSPS) is 8.11. The zero-order chi connectivity index (χ0) is 5.98. The van der Waals surface area contributed by atoms with Crippen LogP contribution in [0.4, 0.5) is 0 Å². The zero-order valence-electron chi connectivity index (χ0n) is 4.49. The van der Waals surface area contributed by atoms with Gasteiger partial charge < -0.3 is 5.11 Å². The van der Waals surface area contributed by atoms with Crippen LogP contribution in [0, 0.1) is 0 Å². The van der Waals surface area contributed by atoms with E-state index >= 15 is 0 Å². The summed E-state index contributed by atoms with van der Waals surface area (Å²) in [6.45, 7) is 0. The summed E-state index contributed by atoms with van der Waals surface area (Å²) in [6.07, 6.45) is 0. The molecule has 1 rings (SSSR count). The maximum absolute atomic E-state index is 8.79. The molecule has 0 bridgehead atoms. The standard InChI is InChI=1S/C6H5ClO.Ru/c7-5-3-1-2-4-6(5)8;/h1-4,8H;. The molecule has 50 valence electrons. The molecule has 0 aromatic heterocycles. The molecule has 0 saturated heterocycles. The molecule has 1 nitrogen and oxygen atoms in total. The van der Waals surface area contributed by atoms with Gasteiger partial charge in [-0.3, -0.25) is 0 Å². The van der Waals surface area contributed by atoms with E-state index < -0.39 is 0 Å². The number of aromatic hydroxyl groups is 1. The quantitative estimate of drug-likeness (QED) is 0.675. The Morgan fingerprint density at radius 1 is 1.22 bits per heavy atom. The van der Waals surface area contributed by atoms with E-state index in [2.05, 4.69) is 0 Å². The van der Waals surface area contributed by atoms with Crippen LogP contribution >= 0.6 is 11.6 Å². The molecule has 0 aliphatic rings. The van der Waals surface area contributed by atoms with E-state index in [1.165, 1.54) is 0 Å². The van der Waals surface area contributed by atoms with Gasteiger partial charge in [0.25, 0.3) is 0 Å². The smallest absolute Gasteiger partial charge is 0.134 e. The number of benzene rings is 1.